The van der Waals surface area contributed by atoms with Crippen LogP contribution in [0.25, 0.3) is 11.0 Å². The molecule has 27 heavy (non-hydrogen) atoms. The molecule has 0 aliphatic carbocycles. The molecular formula is C20H21F2N3O2. The topological polar surface area (TPSA) is 48.2 Å². The van der Waals surface area contributed by atoms with Crippen LogP contribution in [-0.2, 0) is 0 Å². The molecular weight excluding hydrogens is 352 g/mol. The molecule has 0 saturated heterocycles. The van der Waals surface area contributed by atoms with Crippen molar-refractivity contribution in [3.05, 3.63) is 64.1 Å². The van der Waals surface area contributed by atoms with Gasteiger partial charge in [0.05, 0.1) is 5.52 Å². The van der Waals surface area contributed by atoms with Gasteiger partial charge in [0.2, 0.25) is 0 Å². The summed E-state index contributed by atoms with van der Waals surface area (Å²) in [4.78, 5) is 13.3. The molecule has 0 bridgehead atoms. The van der Waals surface area contributed by atoms with Gasteiger partial charge in [0, 0.05) is 24.2 Å². The standard InChI is InChI=1S/C20H21F2N3O2/c1-11(2)24-15-6-4-5-14(22)19(15)25(20(24)26)18-13-8-7-12(21)9-16(13)27-17(18)10-23-3/h4-9,11,17-18,23H,10H2,1-3H3/t17-,18+/m1/s1. The summed E-state index contributed by atoms with van der Waals surface area (Å²) in [6.07, 6.45) is -0.463. The fraction of sp³-hybridized carbons (Fsp3) is 0.350. The third-order valence-corrected chi connectivity index (χ3v) is 5.00. The summed E-state index contributed by atoms with van der Waals surface area (Å²) < 4.78 is 37.5. The van der Waals surface area contributed by atoms with E-state index < -0.39 is 23.8 Å². The summed E-state index contributed by atoms with van der Waals surface area (Å²) in [5, 5.41) is 3.04. The molecule has 1 aromatic heterocycles. The van der Waals surface area contributed by atoms with Gasteiger partial charge in [-0.1, -0.05) is 12.1 Å². The maximum absolute atomic E-state index is 14.8. The Balaban J connectivity index is 2.04. The molecule has 0 amide bonds. The van der Waals surface area contributed by atoms with E-state index in [1.165, 1.54) is 22.8 Å². The summed E-state index contributed by atoms with van der Waals surface area (Å²) in [6, 6.07) is 8.24. The lowest BCUT2D eigenvalue weighted by molar-refractivity contribution is 0.191. The zero-order valence-electron chi connectivity index (χ0n) is 15.4. The number of benzene rings is 2. The number of likely N-dealkylation sites (N-methyl/N-ethyl adjacent to an activating group) is 1. The summed E-state index contributed by atoms with van der Waals surface area (Å²) in [5.41, 5.74) is 1.14. The lowest BCUT2D eigenvalue weighted by atomic mass is 10.0. The molecule has 1 aliphatic rings. The minimum Gasteiger partial charge on any atom is -0.486 e. The van der Waals surface area contributed by atoms with Crippen molar-refractivity contribution in [1.82, 2.24) is 14.5 Å². The first kappa shape index (κ1) is 17.7. The van der Waals surface area contributed by atoms with Gasteiger partial charge in [-0.05, 0) is 39.1 Å². The van der Waals surface area contributed by atoms with Gasteiger partial charge < -0.3 is 10.1 Å². The maximum Gasteiger partial charge on any atom is 0.330 e. The quantitative estimate of drug-likeness (QED) is 0.764. The van der Waals surface area contributed by atoms with E-state index in [1.807, 2.05) is 13.8 Å². The number of nitrogens with one attached hydrogen (secondary N) is 1. The smallest absolute Gasteiger partial charge is 0.330 e. The number of nitrogens with zero attached hydrogens (tertiary/aromatic N) is 2. The summed E-state index contributed by atoms with van der Waals surface area (Å²) in [6.45, 7) is 4.20. The first-order valence-corrected chi connectivity index (χ1v) is 8.95. The van der Waals surface area contributed by atoms with E-state index in [2.05, 4.69) is 5.32 Å². The number of rotatable bonds is 4. The molecule has 0 spiro atoms. The van der Waals surface area contributed by atoms with Crippen LogP contribution < -0.4 is 15.7 Å². The molecule has 2 atom stereocenters. The Morgan fingerprint density at radius 3 is 2.70 bits per heavy atom. The second kappa shape index (κ2) is 6.49. The van der Waals surface area contributed by atoms with Gasteiger partial charge in [0.1, 0.15) is 35.0 Å². The lowest BCUT2D eigenvalue weighted by Gasteiger charge is -2.20. The SMILES string of the molecule is CNC[C@H]1Oc2cc(F)ccc2[C@@H]1n1c(=O)n(C(C)C)c2cccc(F)c21. The average molecular weight is 373 g/mol. The molecule has 1 N–H and O–H groups in total. The average Bonchev–Trinajstić information content (AvgIpc) is 3.09. The number of aromatic nitrogens is 2. The fourth-order valence-corrected chi connectivity index (χ4v) is 3.95. The molecule has 4 rings (SSSR count). The summed E-state index contributed by atoms with van der Waals surface area (Å²) >= 11 is 0. The number of para-hydroxylation sites is 1. The van der Waals surface area contributed by atoms with Gasteiger partial charge >= 0.3 is 5.69 Å². The number of fused-ring (bicyclic) bond motifs is 2. The molecule has 0 radical (unpaired) electrons. The number of imidazole rings is 1. The van der Waals surface area contributed by atoms with Gasteiger partial charge in [0.15, 0.2) is 0 Å². The highest BCUT2D eigenvalue weighted by Gasteiger charge is 2.38. The first-order chi connectivity index (χ1) is 12.9. The summed E-state index contributed by atoms with van der Waals surface area (Å²) in [5.74, 6) is -0.502. The van der Waals surface area contributed by atoms with Crippen molar-refractivity contribution in [1.29, 1.82) is 0 Å². The van der Waals surface area contributed by atoms with Crippen molar-refractivity contribution in [2.24, 2.45) is 0 Å². The van der Waals surface area contributed by atoms with Crippen LogP contribution in [0.5, 0.6) is 5.75 Å². The van der Waals surface area contributed by atoms with E-state index >= 15 is 0 Å². The first-order valence-electron chi connectivity index (χ1n) is 8.95. The highest BCUT2D eigenvalue weighted by Crippen LogP contribution is 2.40. The van der Waals surface area contributed by atoms with E-state index in [9.17, 15) is 13.6 Å². The minimum absolute atomic E-state index is 0.138. The van der Waals surface area contributed by atoms with Crippen molar-refractivity contribution >= 4 is 11.0 Å². The zero-order valence-corrected chi connectivity index (χ0v) is 15.4. The molecule has 0 fully saturated rings. The van der Waals surface area contributed by atoms with Crippen LogP contribution in [0.2, 0.25) is 0 Å². The van der Waals surface area contributed by atoms with Crippen molar-refractivity contribution in [3.63, 3.8) is 0 Å². The van der Waals surface area contributed by atoms with Gasteiger partial charge in [0.25, 0.3) is 0 Å². The number of halogens is 2. The van der Waals surface area contributed by atoms with Gasteiger partial charge in [-0.15, -0.1) is 0 Å². The van der Waals surface area contributed by atoms with Crippen molar-refractivity contribution < 1.29 is 13.5 Å². The zero-order chi connectivity index (χ0) is 19.3. The Bertz CT molecular complexity index is 1070. The van der Waals surface area contributed by atoms with E-state index in [-0.39, 0.29) is 17.2 Å². The van der Waals surface area contributed by atoms with Crippen molar-refractivity contribution in [3.8, 4) is 5.75 Å². The number of hydrogen-bond donors (Lipinski definition) is 1. The van der Waals surface area contributed by atoms with Crippen LogP contribution in [-0.4, -0.2) is 28.8 Å². The second-order valence-corrected chi connectivity index (χ2v) is 7.06. The van der Waals surface area contributed by atoms with Gasteiger partial charge in [-0.2, -0.15) is 0 Å². The molecule has 0 unspecified atom stereocenters. The van der Waals surface area contributed by atoms with E-state index in [0.29, 0.717) is 23.4 Å². The Morgan fingerprint density at radius 1 is 1.22 bits per heavy atom. The van der Waals surface area contributed by atoms with Crippen LogP contribution in [0.15, 0.2) is 41.2 Å². The Hall–Kier alpha value is -2.67. The molecule has 2 aromatic carbocycles. The van der Waals surface area contributed by atoms with E-state index in [0.717, 1.165) is 0 Å². The molecule has 2 heterocycles. The fourth-order valence-electron chi connectivity index (χ4n) is 3.95. The van der Waals surface area contributed by atoms with Crippen LogP contribution in [0.1, 0.15) is 31.5 Å². The van der Waals surface area contributed by atoms with Gasteiger partial charge in [-0.25, -0.2) is 13.6 Å². The largest absolute Gasteiger partial charge is 0.486 e. The normalized spacial score (nSPS) is 18.9. The molecule has 5 nitrogen and oxygen atoms in total. The Labute approximate surface area is 155 Å². The second-order valence-electron chi connectivity index (χ2n) is 7.06. The molecule has 7 heteroatoms. The third kappa shape index (κ3) is 2.65. The number of ether oxygens (including phenoxy) is 1. The highest BCUT2D eigenvalue weighted by molar-refractivity contribution is 5.77. The van der Waals surface area contributed by atoms with E-state index in [1.54, 1.807) is 29.8 Å². The predicted octanol–water partition coefficient (Wildman–Crippen LogP) is 3.23. The third-order valence-electron chi connectivity index (χ3n) is 5.00. The summed E-state index contributed by atoms with van der Waals surface area (Å²) in [7, 11) is 1.77. The monoisotopic (exact) mass is 373 g/mol. The van der Waals surface area contributed by atoms with Crippen molar-refractivity contribution in [2.75, 3.05) is 13.6 Å². The Kier molecular flexibility index (Phi) is 4.26. The molecule has 1 aliphatic heterocycles. The molecule has 142 valence electrons. The minimum atomic E-state index is -0.556. The maximum atomic E-state index is 14.8. The van der Waals surface area contributed by atoms with Crippen LogP contribution in [0.3, 0.4) is 0 Å². The Morgan fingerprint density at radius 2 is 2.00 bits per heavy atom. The van der Waals surface area contributed by atoms with Crippen LogP contribution in [0.4, 0.5) is 8.78 Å². The highest BCUT2D eigenvalue weighted by atomic mass is 19.1. The number of hydrogen-bond acceptors (Lipinski definition) is 3. The molecule has 3 aromatic rings. The van der Waals surface area contributed by atoms with Crippen molar-refractivity contribution in [2.45, 2.75) is 32.0 Å². The van der Waals surface area contributed by atoms with E-state index in [4.69, 9.17) is 4.74 Å². The van der Waals surface area contributed by atoms with Crippen LogP contribution >= 0.6 is 0 Å². The van der Waals surface area contributed by atoms with Gasteiger partial charge in [-0.3, -0.25) is 9.13 Å². The molecule has 0 saturated carbocycles. The van der Waals surface area contributed by atoms with Crippen LogP contribution in [0, 0.1) is 11.6 Å². The predicted molar refractivity (Wildman–Crippen MR) is 99.4 cm³/mol. The lowest BCUT2D eigenvalue weighted by Crippen LogP contribution is -2.38.